The fourth-order valence-corrected chi connectivity index (χ4v) is 0.480. The van der Waals surface area contributed by atoms with Crippen LogP contribution in [0.1, 0.15) is 0 Å². The maximum atomic E-state index is 4.40. The molecule has 0 saturated carbocycles. The molecule has 0 amide bonds. The second kappa shape index (κ2) is 5.09. The first-order valence-electron chi connectivity index (χ1n) is 4.07. The standard InChI is InChI=1S/B9H10N/c1-7(2)6-10-9(5)8(3)4/h1-5H2. The molecule has 0 unspecified atom stereocenters. The summed E-state index contributed by atoms with van der Waals surface area (Å²) in [5.74, 6) is 0. The molecule has 0 heterocycles. The van der Waals surface area contributed by atoms with Crippen molar-refractivity contribution in [1.29, 1.82) is 0 Å². The number of nitrogens with zero attached hydrogens (tertiary/aromatic N) is 1. The molecule has 0 N–H and O–H groups in total. The molecule has 0 aliphatic carbocycles. The number of rotatable bonds is 3. The molecule has 0 saturated heterocycles. The average Bonchev–Trinajstić information content (AvgIpc) is 1.82. The van der Waals surface area contributed by atoms with Crippen LogP contribution in [0.25, 0.3) is 0 Å². The van der Waals surface area contributed by atoms with Crippen LogP contribution in [0.5, 0.6) is 0 Å². The van der Waals surface area contributed by atoms with Crippen molar-refractivity contribution in [1.82, 2.24) is 0 Å². The van der Waals surface area contributed by atoms with E-state index in [0.29, 0.717) is 19.4 Å². The normalized spacial score (nSPS) is 8.80. The molecule has 42 valence electrons. The molecule has 10 heavy (non-hydrogen) atoms. The van der Waals surface area contributed by atoms with Crippen LogP contribution >= 0.6 is 0 Å². The van der Waals surface area contributed by atoms with Crippen molar-refractivity contribution < 1.29 is 0 Å². The average molecular weight is 121 g/mol. The Morgan fingerprint density at radius 2 is 1.50 bits per heavy atom. The summed E-state index contributed by atoms with van der Waals surface area (Å²) in [6, 6.07) is 0. The van der Waals surface area contributed by atoms with Crippen molar-refractivity contribution in [3.8, 4) is 0 Å². The first-order valence-corrected chi connectivity index (χ1v) is 4.07. The van der Waals surface area contributed by atoms with E-state index in [1.807, 2.05) is 6.96 Å². The van der Waals surface area contributed by atoms with E-state index >= 15 is 0 Å². The van der Waals surface area contributed by atoms with Crippen molar-refractivity contribution in [2.24, 2.45) is 4.81 Å². The van der Waals surface area contributed by atoms with Crippen LogP contribution in [0, 0.1) is 0 Å². The summed E-state index contributed by atoms with van der Waals surface area (Å²) in [4.78, 5) is 4.40. The van der Waals surface area contributed by atoms with Gasteiger partial charge in [0.2, 0.25) is 0 Å². The van der Waals surface area contributed by atoms with Gasteiger partial charge >= 0.3 is 69.9 Å². The Bertz CT molecular complexity index is 103. The number of hydrogen-bond acceptors (Lipinski definition) is 1. The molecule has 0 aromatic carbocycles. The molecule has 0 aromatic heterocycles. The molecule has 0 bridgehead atoms. The molecule has 0 aromatic rings. The van der Waals surface area contributed by atoms with Gasteiger partial charge in [-0.3, -0.25) is 0 Å². The molecule has 0 spiro atoms. The van der Waals surface area contributed by atoms with Gasteiger partial charge < -0.3 is 0 Å². The van der Waals surface area contributed by atoms with Gasteiger partial charge in [0.1, 0.15) is 0 Å². The van der Waals surface area contributed by atoms with E-state index < -0.39 is 0 Å². The minimum atomic E-state index is 0.474. The first-order chi connectivity index (χ1) is 4.54. The van der Waals surface area contributed by atoms with Crippen LogP contribution in [0.3, 0.4) is 0 Å². The van der Waals surface area contributed by atoms with Gasteiger partial charge in [-0.2, -0.15) is 0 Å². The third kappa shape index (κ3) is 5.19. The second-order valence-corrected chi connectivity index (χ2v) is 3.53. The Morgan fingerprint density at radius 3 is 1.80 bits per heavy atom. The van der Waals surface area contributed by atoms with Gasteiger partial charge in [0.05, 0.1) is 0 Å². The Balaban J connectivity index is 3.66. The van der Waals surface area contributed by atoms with E-state index in [-0.39, 0.29) is 0 Å². The van der Waals surface area contributed by atoms with E-state index in [1.54, 1.807) is 0 Å². The predicted molar refractivity (Wildman–Crippen MR) is 68.2 cm³/mol. The van der Waals surface area contributed by atoms with Gasteiger partial charge in [-0.25, -0.2) is 0 Å². The fourth-order valence-electron chi connectivity index (χ4n) is 0.480. The van der Waals surface area contributed by atoms with E-state index in [9.17, 15) is 0 Å². The summed E-state index contributed by atoms with van der Waals surface area (Å²) in [5.41, 5.74) is 0. The van der Waals surface area contributed by atoms with Crippen molar-refractivity contribution >= 4 is 65.0 Å². The minimum absolute atomic E-state index is 0.474. The van der Waals surface area contributed by atoms with E-state index in [2.05, 4.69) is 43.5 Å². The SMILES string of the molecule is BB(B)/B=N/B(B)B(B)B. The zero-order valence-corrected chi connectivity index (χ0v) is 7.76. The molecule has 0 atom stereocenters. The Labute approximate surface area is 70.4 Å². The van der Waals surface area contributed by atoms with Gasteiger partial charge in [-0.15, -0.1) is 0 Å². The number of hydrogen-bond donors (Lipinski definition) is 0. The molecule has 10 heteroatoms. The van der Waals surface area contributed by atoms with Gasteiger partial charge in [-0.05, 0) is 0 Å². The molecule has 0 aliphatic rings. The molecule has 0 aliphatic heterocycles. The second-order valence-electron chi connectivity index (χ2n) is 3.53. The zero-order valence-electron chi connectivity index (χ0n) is 7.76. The third-order valence-electron chi connectivity index (χ3n) is 1.58. The van der Waals surface area contributed by atoms with E-state index in [1.165, 1.54) is 0 Å². The third-order valence-corrected chi connectivity index (χ3v) is 1.58. The molecule has 0 rings (SSSR count). The Morgan fingerprint density at radius 1 is 1.00 bits per heavy atom. The van der Waals surface area contributed by atoms with Crippen molar-refractivity contribution in [3.05, 3.63) is 0 Å². The predicted octanol–water partition coefficient (Wildman–Crippen LogP) is -5.92. The molecular formula is H10B9N. The summed E-state index contributed by atoms with van der Waals surface area (Å²) in [6.07, 6.45) is 1.25. The summed E-state index contributed by atoms with van der Waals surface area (Å²) >= 11 is 0. The van der Waals surface area contributed by atoms with Crippen molar-refractivity contribution in [3.63, 3.8) is 0 Å². The molecule has 1 nitrogen and oxygen atoms in total. The van der Waals surface area contributed by atoms with Crippen LogP contribution in [0.4, 0.5) is 0 Å². The molecule has 0 fully saturated rings. The molecule has 0 radical (unpaired) electrons. The van der Waals surface area contributed by atoms with Gasteiger partial charge in [0.15, 0.2) is 0 Å². The van der Waals surface area contributed by atoms with Crippen LogP contribution in [-0.2, 0) is 0 Å². The summed E-state index contributed by atoms with van der Waals surface area (Å²) in [6.45, 7) is 2.51. The Hall–Kier alpha value is 0.384. The summed E-state index contributed by atoms with van der Waals surface area (Å²) < 4.78 is 0. The van der Waals surface area contributed by atoms with E-state index in [4.69, 9.17) is 0 Å². The van der Waals surface area contributed by atoms with E-state index in [0.717, 1.165) is 0 Å². The molecular weight excluding hydrogens is 111 g/mol. The summed E-state index contributed by atoms with van der Waals surface area (Å²) in [7, 11) is 10.8. The quantitative estimate of drug-likeness (QED) is 0.330. The van der Waals surface area contributed by atoms with Crippen LogP contribution in [-0.4, -0.2) is 65.0 Å². The van der Waals surface area contributed by atoms with Gasteiger partial charge in [0.25, 0.3) is 0 Å². The fraction of sp³-hybridized carbons (Fsp3) is 0. The van der Waals surface area contributed by atoms with Crippen LogP contribution in [0.2, 0.25) is 0 Å². The first kappa shape index (κ1) is 10.4. The van der Waals surface area contributed by atoms with Crippen molar-refractivity contribution in [2.45, 2.75) is 0 Å². The topological polar surface area (TPSA) is 12.4 Å². The van der Waals surface area contributed by atoms with Gasteiger partial charge in [0, 0.05) is 0 Å². The van der Waals surface area contributed by atoms with Crippen LogP contribution < -0.4 is 0 Å². The van der Waals surface area contributed by atoms with Crippen LogP contribution in [0.15, 0.2) is 4.81 Å². The van der Waals surface area contributed by atoms with Crippen molar-refractivity contribution in [2.75, 3.05) is 0 Å². The van der Waals surface area contributed by atoms with Gasteiger partial charge in [-0.1, -0.05) is 0 Å². The zero-order chi connectivity index (χ0) is 8.15. The Kier molecular flexibility index (Phi) is 5.29. The maximum absolute atomic E-state index is 4.40. The monoisotopic (exact) mass is 123 g/mol. The summed E-state index contributed by atoms with van der Waals surface area (Å²) in [5, 5.41) is 0.